The highest BCUT2D eigenvalue weighted by molar-refractivity contribution is 7.80. The monoisotopic (exact) mass is 348 g/mol. The van der Waals surface area contributed by atoms with Crippen LogP contribution < -0.4 is 10.2 Å². The highest BCUT2D eigenvalue weighted by Gasteiger charge is 2.24. The third-order valence-corrected chi connectivity index (χ3v) is 5.74. The Labute approximate surface area is 151 Å². The Morgan fingerprint density at radius 2 is 2.12 bits per heavy atom. The molecule has 0 aromatic heterocycles. The molecule has 132 valence electrons. The minimum absolute atomic E-state index is 0.416. The predicted molar refractivity (Wildman–Crippen MR) is 101 cm³/mol. The predicted octanol–water partition coefficient (Wildman–Crippen LogP) is 1.18. The van der Waals surface area contributed by atoms with Crippen LogP contribution in [-0.2, 0) is 11.2 Å². The molecular weight excluding hydrogens is 318 g/mol. The summed E-state index contributed by atoms with van der Waals surface area (Å²) >= 11 is 5.64. The van der Waals surface area contributed by atoms with E-state index in [1.54, 1.807) is 4.90 Å². The van der Waals surface area contributed by atoms with Gasteiger partial charge in [0.2, 0.25) is 0 Å². The summed E-state index contributed by atoms with van der Waals surface area (Å²) in [5.41, 5.74) is 2.94. The molecule has 1 aliphatic carbocycles. The first kappa shape index (κ1) is 17.6. The number of quaternary nitrogens is 1. The Bertz CT molecular complexity index is 545. The molecule has 0 amide bonds. The molecule has 4 nitrogen and oxygen atoms in total. The molecule has 2 N–H and O–H groups in total. The zero-order chi connectivity index (χ0) is 16.8. The molecule has 5 heteroatoms. The van der Waals surface area contributed by atoms with Crippen LogP contribution in [0.15, 0.2) is 24.3 Å². The van der Waals surface area contributed by atoms with E-state index in [2.05, 4.69) is 41.5 Å². The number of hydrogen-bond acceptors (Lipinski definition) is 2. The lowest BCUT2D eigenvalue weighted by molar-refractivity contribution is -0.908. The van der Waals surface area contributed by atoms with Gasteiger partial charge in [0.1, 0.15) is 13.1 Å². The standard InChI is InChI=1S/C19H29N3OS/c1-21(18-9-4-7-16-6-2-3-8-17(16)18)19(24)20-10-5-11-22-12-14-23-15-13-22/h2-3,6,8,18H,4-5,7,9-15H2,1H3,(H,20,24)/p+1/t18-/m1/s1. The summed E-state index contributed by atoms with van der Waals surface area (Å²) in [7, 11) is 2.13. The number of hydrogen-bond donors (Lipinski definition) is 2. The van der Waals surface area contributed by atoms with Crippen molar-refractivity contribution in [1.82, 2.24) is 10.2 Å². The van der Waals surface area contributed by atoms with Crippen LogP contribution in [0.1, 0.15) is 36.4 Å². The summed E-state index contributed by atoms with van der Waals surface area (Å²) in [4.78, 5) is 3.91. The summed E-state index contributed by atoms with van der Waals surface area (Å²) in [6, 6.07) is 9.23. The largest absolute Gasteiger partial charge is 0.370 e. The Morgan fingerprint density at radius 3 is 2.96 bits per heavy atom. The van der Waals surface area contributed by atoms with Crippen molar-refractivity contribution in [3.8, 4) is 0 Å². The van der Waals surface area contributed by atoms with Gasteiger partial charge in [0.15, 0.2) is 5.11 Å². The Balaban J connectivity index is 1.45. The van der Waals surface area contributed by atoms with Gasteiger partial charge in [0.05, 0.1) is 25.8 Å². The molecule has 3 rings (SSSR count). The topological polar surface area (TPSA) is 28.9 Å². The maximum Gasteiger partial charge on any atom is 0.169 e. The van der Waals surface area contributed by atoms with E-state index in [0.717, 1.165) is 44.4 Å². The van der Waals surface area contributed by atoms with Gasteiger partial charge in [-0.3, -0.25) is 0 Å². The number of fused-ring (bicyclic) bond motifs is 1. The number of ether oxygens (including phenoxy) is 1. The molecule has 1 aliphatic heterocycles. The quantitative estimate of drug-likeness (QED) is 0.618. The summed E-state index contributed by atoms with van der Waals surface area (Å²) in [6.45, 7) is 6.26. The smallest absolute Gasteiger partial charge is 0.169 e. The molecule has 1 heterocycles. The van der Waals surface area contributed by atoms with E-state index in [0.29, 0.717) is 6.04 Å². The Hall–Kier alpha value is -1.17. The fourth-order valence-corrected chi connectivity index (χ4v) is 4.07. The summed E-state index contributed by atoms with van der Waals surface area (Å²) < 4.78 is 5.41. The maximum absolute atomic E-state index is 5.64. The van der Waals surface area contributed by atoms with E-state index in [-0.39, 0.29) is 0 Å². The Morgan fingerprint density at radius 1 is 1.33 bits per heavy atom. The van der Waals surface area contributed by atoms with E-state index in [1.807, 2.05) is 0 Å². The fraction of sp³-hybridized carbons (Fsp3) is 0.632. The minimum Gasteiger partial charge on any atom is -0.370 e. The molecule has 0 radical (unpaired) electrons. The highest BCUT2D eigenvalue weighted by Crippen LogP contribution is 2.33. The van der Waals surface area contributed by atoms with E-state index in [9.17, 15) is 0 Å². The SMILES string of the molecule is CN(C(=S)NCCC[NH+]1CCOCC1)[C@@H]1CCCc2ccccc21. The number of benzene rings is 1. The van der Waals surface area contributed by atoms with E-state index in [4.69, 9.17) is 17.0 Å². The summed E-state index contributed by atoms with van der Waals surface area (Å²) in [5, 5.41) is 4.35. The molecular formula is C19H30N3OS+. The summed E-state index contributed by atoms with van der Waals surface area (Å²) in [5.74, 6) is 0. The van der Waals surface area contributed by atoms with Crippen molar-refractivity contribution in [3.63, 3.8) is 0 Å². The van der Waals surface area contributed by atoms with Crippen molar-refractivity contribution in [2.24, 2.45) is 0 Å². The number of morpholine rings is 1. The third kappa shape index (κ3) is 4.47. The normalized spacial score (nSPS) is 21.1. The molecule has 24 heavy (non-hydrogen) atoms. The Kier molecular flexibility index (Phi) is 6.46. The average molecular weight is 349 g/mol. The van der Waals surface area contributed by atoms with Gasteiger partial charge < -0.3 is 19.9 Å². The second-order valence-electron chi connectivity index (χ2n) is 6.92. The molecule has 0 spiro atoms. The van der Waals surface area contributed by atoms with Crippen LogP contribution in [0.5, 0.6) is 0 Å². The molecule has 1 fully saturated rings. The van der Waals surface area contributed by atoms with Crippen molar-refractivity contribution in [1.29, 1.82) is 0 Å². The zero-order valence-electron chi connectivity index (χ0n) is 14.7. The number of aryl methyl sites for hydroxylation is 1. The van der Waals surface area contributed by atoms with Gasteiger partial charge in [0, 0.05) is 20.0 Å². The van der Waals surface area contributed by atoms with Crippen LogP contribution in [-0.4, -0.2) is 56.5 Å². The summed E-state index contributed by atoms with van der Waals surface area (Å²) in [6.07, 6.45) is 4.79. The second kappa shape index (κ2) is 8.79. The molecule has 1 saturated heterocycles. The molecule has 1 aromatic rings. The van der Waals surface area contributed by atoms with Crippen LogP contribution in [0, 0.1) is 0 Å². The van der Waals surface area contributed by atoms with Crippen molar-refractivity contribution in [2.45, 2.75) is 31.7 Å². The van der Waals surface area contributed by atoms with Gasteiger partial charge in [-0.2, -0.15) is 0 Å². The zero-order valence-corrected chi connectivity index (χ0v) is 15.5. The van der Waals surface area contributed by atoms with Crippen LogP contribution in [0.4, 0.5) is 0 Å². The van der Waals surface area contributed by atoms with Gasteiger partial charge in [0.25, 0.3) is 0 Å². The van der Waals surface area contributed by atoms with Gasteiger partial charge in [-0.15, -0.1) is 0 Å². The van der Waals surface area contributed by atoms with Crippen LogP contribution in [0.25, 0.3) is 0 Å². The molecule has 1 atom stereocenters. The lowest BCUT2D eigenvalue weighted by Crippen LogP contribution is -3.14. The number of nitrogens with zero attached hydrogens (tertiary/aromatic N) is 1. The van der Waals surface area contributed by atoms with Crippen molar-refractivity contribution >= 4 is 17.3 Å². The highest BCUT2D eigenvalue weighted by atomic mass is 32.1. The first-order valence-corrected chi connectivity index (χ1v) is 9.66. The van der Waals surface area contributed by atoms with Crippen molar-refractivity contribution in [3.05, 3.63) is 35.4 Å². The minimum atomic E-state index is 0.416. The molecule has 0 bridgehead atoms. The van der Waals surface area contributed by atoms with Crippen molar-refractivity contribution < 1.29 is 9.64 Å². The van der Waals surface area contributed by atoms with Gasteiger partial charge >= 0.3 is 0 Å². The number of rotatable bonds is 5. The van der Waals surface area contributed by atoms with Gasteiger partial charge in [-0.1, -0.05) is 24.3 Å². The second-order valence-corrected chi connectivity index (χ2v) is 7.30. The van der Waals surface area contributed by atoms with Crippen LogP contribution in [0.3, 0.4) is 0 Å². The number of thiocarbonyl (C=S) groups is 1. The van der Waals surface area contributed by atoms with Crippen LogP contribution >= 0.6 is 12.2 Å². The molecule has 0 saturated carbocycles. The lowest BCUT2D eigenvalue weighted by atomic mass is 9.87. The lowest BCUT2D eigenvalue weighted by Gasteiger charge is -2.35. The third-order valence-electron chi connectivity index (χ3n) is 5.31. The average Bonchev–Trinajstić information content (AvgIpc) is 2.65. The first-order chi connectivity index (χ1) is 11.8. The van der Waals surface area contributed by atoms with E-state index < -0.39 is 0 Å². The fourth-order valence-electron chi connectivity index (χ4n) is 3.84. The van der Waals surface area contributed by atoms with E-state index >= 15 is 0 Å². The molecule has 0 unspecified atom stereocenters. The van der Waals surface area contributed by atoms with E-state index in [1.165, 1.54) is 36.9 Å². The molecule has 1 aromatic carbocycles. The van der Waals surface area contributed by atoms with Crippen molar-refractivity contribution in [2.75, 3.05) is 46.4 Å². The van der Waals surface area contributed by atoms with Gasteiger partial charge in [-0.05, 0) is 42.6 Å². The van der Waals surface area contributed by atoms with Gasteiger partial charge in [-0.25, -0.2) is 0 Å². The van der Waals surface area contributed by atoms with Crippen LogP contribution in [0.2, 0.25) is 0 Å². The maximum atomic E-state index is 5.64. The first-order valence-electron chi connectivity index (χ1n) is 9.25. The number of nitrogens with one attached hydrogen (secondary N) is 2. The molecule has 2 aliphatic rings.